The number of rotatable bonds is 4. The maximum absolute atomic E-state index is 12.6. The molecule has 19 heavy (non-hydrogen) atoms. The van der Waals surface area contributed by atoms with E-state index in [1.54, 1.807) is 24.3 Å². The summed E-state index contributed by atoms with van der Waals surface area (Å²) >= 11 is 0. The number of nitrogens with zero attached hydrogens (tertiary/aromatic N) is 3. The van der Waals surface area contributed by atoms with Crippen molar-refractivity contribution in [1.29, 1.82) is 0 Å². The average molecular weight is 269 g/mol. The van der Waals surface area contributed by atoms with Crippen LogP contribution in [0.5, 0.6) is 5.75 Å². The van der Waals surface area contributed by atoms with Crippen molar-refractivity contribution in [1.82, 2.24) is 9.78 Å². The predicted octanol–water partition coefficient (Wildman–Crippen LogP) is 2.73. The highest BCUT2D eigenvalue weighted by atomic mass is 19.3. The summed E-state index contributed by atoms with van der Waals surface area (Å²) in [6.07, 6.45) is -2.04. The lowest BCUT2D eigenvalue weighted by molar-refractivity contribution is -0.386. The molecule has 0 aliphatic heterocycles. The maximum atomic E-state index is 12.6. The van der Waals surface area contributed by atoms with Crippen LogP contribution in [0, 0.1) is 10.1 Å². The number of aromatic nitrogens is 2. The number of methoxy groups -OCH3 is 1. The van der Waals surface area contributed by atoms with Gasteiger partial charge in [-0.25, -0.2) is 13.5 Å². The normalized spacial score (nSPS) is 10.7. The maximum Gasteiger partial charge on any atom is 0.316 e. The summed E-state index contributed by atoms with van der Waals surface area (Å²) in [5.41, 5.74) is -1.12. The molecule has 0 saturated carbocycles. The number of alkyl halides is 2. The van der Waals surface area contributed by atoms with Gasteiger partial charge in [0, 0.05) is 0 Å². The Morgan fingerprint density at radius 2 is 2.00 bits per heavy atom. The van der Waals surface area contributed by atoms with Gasteiger partial charge in [-0.05, 0) is 24.3 Å². The lowest BCUT2D eigenvalue weighted by Crippen LogP contribution is -1.96. The van der Waals surface area contributed by atoms with Crippen molar-refractivity contribution in [2.75, 3.05) is 7.11 Å². The average Bonchev–Trinajstić information content (AvgIpc) is 2.84. The lowest BCUT2D eigenvalue weighted by atomic mass is 10.3. The van der Waals surface area contributed by atoms with E-state index in [9.17, 15) is 18.9 Å². The molecule has 2 rings (SSSR count). The Kier molecular flexibility index (Phi) is 3.41. The molecule has 0 atom stereocenters. The Morgan fingerprint density at radius 3 is 2.42 bits per heavy atom. The van der Waals surface area contributed by atoms with Crippen molar-refractivity contribution in [2.24, 2.45) is 0 Å². The van der Waals surface area contributed by atoms with Gasteiger partial charge in [0.25, 0.3) is 6.43 Å². The lowest BCUT2D eigenvalue weighted by Gasteiger charge is -2.02. The van der Waals surface area contributed by atoms with Gasteiger partial charge in [-0.1, -0.05) is 0 Å². The summed E-state index contributed by atoms with van der Waals surface area (Å²) in [4.78, 5) is 9.79. The molecule has 6 nitrogen and oxygen atoms in total. The van der Waals surface area contributed by atoms with Crippen LogP contribution in [0.1, 0.15) is 12.1 Å². The summed E-state index contributed by atoms with van der Waals surface area (Å²) in [7, 11) is 1.49. The Balaban J connectivity index is 2.44. The number of hydrogen-bond donors (Lipinski definition) is 0. The molecule has 1 aromatic carbocycles. The topological polar surface area (TPSA) is 70.2 Å². The van der Waals surface area contributed by atoms with E-state index < -0.39 is 22.7 Å². The Bertz CT molecular complexity index is 596. The molecule has 0 N–H and O–H groups in total. The third-order valence-electron chi connectivity index (χ3n) is 2.46. The second-order valence-corrected chi connectivity index (χ2v) is 3.60. The van der Waals surface area contributed by atoms with Crippen LogP contribution in [0.25, 0.3) is 5.69 Å². The number of halogens is 2. The van der Waals surface area contributed by atoms with E-state index in [1.165, 1.54) is 7.11 Å². The fourth-order valence-corrected chi connectivity index (χ4v) is 1.54. The van der Waals surface area contributed by atoms with Gasteiger partial charge in [0.1, 0.15) is 11.9 Å². The molecule has 100 valence electrons. The van der Waals surface area contributed by atoms with Crippen LogP contribution >= 0.6 is 0 Å². The van der Waals surface area contributed by atoms with Crippen LogP contribution in [-0.4, -0.2) is 21.8 Å². The zero-order valence-electron chi connectivity index (χ0n) is 9.79. The molecule has 0 aliphatic rings. The number of nitro groups is 1. The molecule has 0 saturated heterocycles. The van der Waals surface area contributed by atoms with Gasteiger partial charge in [0.15, 0.2) is 0 Å². The van der Waals surface area contributed by atoms with E-state index in [-0.39, 0.29) is 0 Å². The number of ether oxygens (including phenoxy) is 1. The predicted molar refractivity (Wildman–Crippen MR) is 61.7 cm³/mol. The Labute approximate surface area is 106 Å². The van der Waals surface area contributed by atoms with E-state index in [2.05, 4.69) is 5.10 Å². The van der Waals surface area contributed by atoms with Crippen LogP contribution in [0.15, 0.2) is 30.5 Å². The standard InChI is InChI=1S/C11H9F2N3O3/c1-19-8-4-2-7(3-5-8)15-6-9(16(17)18)10(14-15)11(12)13/h2-6,11H,1H3. The molecule has 1 heterocycles. The molecule has 8 heteroatoms. The highest BCUT2D eigenvalue weighted by molar-refractivity contribution is 5.41. The van der Waals surface area contributed by atoms with Gasteiger partial charge in [-0.2, -0.15) is 5.10 Å². The third-order valence-corrected chi connectivity index (χ3v) is 2.46. The smallest absolute Gasteiger partial charge is 0.316 e. The fourth-order valence-electron chi connectivity index (χ4n) is 1.54. The van der Waals surface area contributed by atoms with Crippen molar-refractivity contribution in [3.63, 3.8) is 0 Å². The van der Waals surface area contributed by atoms with Gasteiger partial charge in [0.05, 0.1) is 17.7 Å². The van der Waals surface area contributed by atoms with E-state index in [1.807, 2.05) is 0 Å². The molecule has 0 spiro atoms. The van der Waals surface area contributed by atoms with E-state index >= 15 is 0 Å². The van der Waals surface area contributed by atoms with Gasteiger partial charge in [0.2, 0.25) is 5.69 Å². The van der Waals surface area contributed by atoms with Crippen LogP contribution < -0.4 is 4.74 Å². The van der Waals surface area contributed by atoms with E-state index in [0.717, 1.165) is 10.9 Å². The first-order valence-electron chi connectivity index (χ1n) is 5.19. The minimum Gasteiger partial charge on any atom is -0.497 e. The van der Waals surface area contributed by atoms with Crippen molar-refractivity contribution >= 4 is 5.69 Å². The largest absolute Gasteiger partial charge is 0.497 e. The summed E-state index contributed by atoms with van der Waals surface area (Å²) in [5.74, 6) is 0.583. The quantitative estimate of drug-likeness (QED) is 0.632. The van der Waals surface area contributed by atoms with Crippen LogP contribution in [0.2, 0.25) is 0 Å². The van der Waals surface area contributed by atoms with Crippen LogP contribution in [0.3, 0.4) is 0 Å². The summed E-state index contributed by atoms with van der Waals surface area (Å²) in [6.45, 7) is 0. The summed E-state index contributed by atoms with van der Waals surface area (Å²) in [6, 6.07) is 6.32. The second-order valence-electron chi connectivity index (χ2n) is 3.60. The van der Waals surface area contributed by atoms with Gasteiger partial charge < -0.3 is 4.74 Å². The number of benzene rings is 1. The first-order chi connectivity index (χ1) is 9.02. The summed E-state index contributed by atoms with van der Waals surface area (Å²) < 4.78 is 31.3. The van der Waals surface area contributed by atoms with Crippen LogP contribution in [0.4, 0.5) is 14.5 Å². The highest BCUT2D eigenvalue weighted by Gasteiger charge is 2.27. The van der Waals surface area contributed by atoms with E-state index in [4.69, 9.17) is 4.74 Å². The molecular weight excluding hydrogens is 260 g/mol. The van der Waals surface area contributed by atoms with E-state index in [0.29, 0.717) is 11.4 Å². The SMILES string of the molecule is COc1ccc(-n2cc([N+](=O)[O-])c(C(F)F)n2)cc1. The van der Waals surface area contributed by atoms with Gasteiger partial charge in [-0.15, -0.1) is 0 Å². The molecule has 0 aliphatic carbocycles. The molecule has 0 radical (unpaired) electrons. The zero-order chi connectivity index (χ0) is 14.0. The highest BCUT2D eigenvalue weighted by Crippen LogP contribution is 2.28. The molecule has 0 bridgehead atoms. The van der Waals surface area contributed by atoms with Crippen molar-refractivity contribution in [3.8, 4) is 11.4 Å². The van der Waals surface area contributed by atoms with Gasteiger partial charge in [-0.3, -0.25) is 10.1 Å². The Hall–Kier alpha value is -2.51. The second kappa shape index (κ2) is 5.01. The van der Waals surface area contributed by atoms with Gasteiger partial charge >= 0.3 is 5.69 Å². The van der Waals surface area contributed by atoms with Crippen LogP contribution in [-0.2, 0) is 0 Å². The van der Waals surface area contributed by atoms with Crippen molar-refractivity contribution < 1.29 is 18.4 Å². The summed E-state index contributed by atoms with van der Waals surface area (Å²) in [5, 5.41) is 14.2. The first kappa shape index (κ1) is 12.9. The molecular formula is C11H9F2N3O3. The molecule has 2 aromatic rings. The number of hydrogen-bond acceptors (Lipinski definition) is 4. The Morgan fingerprint density at radius 1 is 1.37 bits per heavy atom. The first-order valence-corrected chi connectivity index (χ1v) is 5.19. The minimum absolute atomic E-state index is 0.427. The molecule has 0 unspecified atom stereocenters. The molecule has 0 amide bonds. The molecule has 1 aromatic heterocycles. The van der Waals surface area contributed by atoms with Crippen molar-refractivity contribution in [2.45, 2.75) is 6.43 Å². The zero-order valence-corrected chi connectivity index (χ0v) is 9.79. The molecule has 0 fully saturated rings. The van der Waals surface area contributed by atoms with Crippen molar-refractivity contribution in [3.05, 3.63) is 46.3 Å². The monoisotopic (exact) mass is 269 g/mol. The minimum atomic E-state index is -3.00. The fraction of sp³-hybridized carbons (Fsp3) is 0.182. The third kappa shape index (κ3) is 2.51.